The molecule has 0 spiro atoms. The van der Waals surface area contributed by atoms with E-state index >= 15 is 0 Å². The van der Waals surface area contributed by atoms with Crippen molar-refractivity contribution in [2.45, 2.75) is 32.3 Å². The number of likely N-dealkylation sites (tertiary alicyclic amines) is 1. The van der Waals surface area contributed by atoms with Gasteiger partial charge < -0.3 is 18.8 Å². The van der Waals surface area contributed by atoms with Crippen molar-refractivity contribution in [2.75, 3.05) is 26.3 Å². The van der Waals surface area contributed by atoms with Gasteiger partial charge in [-0.3, -0.25) is 4.79 Å². The van der Waals surface area contributed by atoms with Crippen molar-refractivity contribution in [3.05, 3.63) is 40.8 Å². The SMILES string of the molecule is CCCOC1CCCN(C(=O)COc2ccc3ccc(=O)oc3c2)C1. The van der Waals surface area contributed by atoms with E-state index in [2.05, 4.69) is 6.92 Å². The van der Waals surface area contributed by atoms with E-state index in [9.17, 15) is 9.59 Å². The van der Waals surface area contributed by atoms with E-state index in [1.165, 1.54) is 6.07 Å². The lowest BCUT2D eigenvalue weighted by Crippen LogP contribution is -2.45. The van der Waals surface area contributed by atoms with E-state index in [4.69, 9.17) is 13.9 Å². The van der Waals surface area contributed by atoms with Crippen molar-refractivity contribution in [3.63, 3.8) is 0 Å². The van der Waals surface area contributed by atoms with Crippen molar-refractivity contribution in [3.8, 4) is 5.75 Å². The first-order valence-corrected chi connectivity index (χ1v) is 8.72. The molecule has 1 aromatic carbocycles. The Balaban J connectivity index is 1.57. The summed E-state index contributed by atoms with van der Waals surface area (Å²) in [6, 6.07) is 8.26. The predicted octanol–water partition coefficient (Wildman–Crippen LogP) is 2.59. The van der Waals surface area contributed by atoms with Gasteiger partial charge in [0, 0.05) is 37.2 Å². The maximum atomic E-state index is 12.4. The molecule has 0 N–H and O–H groups in total. The highest BCUT2D eigenvalue weighted by molar-refractivity contribution is 5.79. The minimum Gasteiger partial charge on any atom is -0.484 e. The molecule has 134 valence electrons. The minimum atomic E-state index is -0.410. The summed E-state index contributed by atoms with van der Waals surface area (Å²) in [5.74, 6) is 0.449. The Labute approximate surface area is 146 Å². The van der Waals surface area contributed by atoms with E-state index in [0.717, 1.165) is 37.8 Å². The van der Waals surface area contributed by atoms with Gasteiger partial charge in [0.25, 0.3) is 5.91 Å². The minimum absolute atomic E-state index is 0.0386. The van der Waals surface area contributed by atoms with Crippen LogP contribution in [0.4, 0.5) is 0 Å². The van der Waals surface area contributed by atoms with Gasteiger partial charge in [0.1, 0.15) is 11.3 Å². The van der Waals surface area contributed by atoms with Crippen LogP contribution in [0.15, 0.2) is 39.5 Å². The van der Waals surface area contributed by atoms with Crippen LogP contribution in [0.5, 0.6) is 5.75 Å². The van der Waals surface area contributed by atoms with E-state index in [0.29, 0.717) is 17.9 Å². The molecular formula is C19H23NO5. The number of amides is 1. The second-order valence-electron chi connectivity index (χ2n) is 6.22. The number of ether oxygens (including phenoxy) is 2. The summed E-state index contributed by atoms with van der Waals surface area (Å²) in [5.41, 5.74) is 0.0376. The Bertz CT molecular complexity index is 785. The molecule has 25 heavy (non-hydrogen) atoms. The maximum absolute atomic E-state index is 12.4. The van der Waals surface area contributed by atoms with E-state index < -0.39 is 5.63 Å². The zero-order valence-corrected chi connectivity index (χ0v) is 14.4. The molecule has 0 saturated carbocycles. The van der Waals surface area contributed by atoms with Gasteiger partial charge >= 0.3 is 5.63 Å². The Morgan fingerprint density at radius 2 is 2.16 bits per heavy atom. The fourth-order valence-electron chi connectivity index (χ4n) is 2.95. The van der Waals surface area contributed by atoms with Crippen molar-refractivity contribution >= 4 is 16.9 Å². The van der Waals surface area contributed by atoms with Crippen molar-refractivity contribution < 1.29 is 18.7 Å². The van der Waals surface area contributed by atoms with E-state index in [-0.39, 0.29) is 18.6 Å². The molecule has 0 aliphatic carbocycles. The molecule has 2 heterocycles. The molecule has 0 bridgehead atoms. The molecule has 1 aliphatic rings. The highest BCUT2D eigenvalue weighted by Crippen LogP contribution is 2.20. The highest BCUT2D eigenvalue weighted by Gasteiger charge is 2.24. The second kappa shape index (κ2) is 8.16. The molecule has 1 unspecified atom stereocenters. The molecule has 3 rings (SSSR count). The lowest BCUT2D eigenvalue weighted by molar-refractivity contribution is -0.137. The van der Waals surface area contributed by atoms with Crippen LogP contribution in [0.25, 0.3) is 11.0 Å². The molecule has 1 aromatic heterocycles. The van der Waals surface area contributed by atoms with E-state index in [1.54, 1.807) is 29.2 Å². The molecule has 1 saturated heterocycles. The molecule has 6 nitrogen and oxygen atoms in total. The van der Waals surface area contributed by atoms with Crippen LogP contribution in [-0.4, -0.2) is 43.2 Å². The van der Waals surface area contributed by atoms with Gasteiger partial charge in [0.05, 0.1) is 6.10 Å². The van der Waals surface area contributed by atoms with Crippen molar-refractivity contribution in [1.82, 2.24) is 4.90 Å². The molecule has 0 radical (unpaired) electrons. The summed E-state index contributed by atoms with van der Waals surface area (Å²) in [5, 5.41) is 0.810. The quantitative estimate of drug-likeness (QED) is 0.753. The van der Waals surface area contributed by atoms with Gasteiger partial charge in [0.2, 0.25) is 0 Å². The third kappa shape index (κ3) is 4.60. The maximum Gasteiger partial charge on any atom is 0.336 e. The zero-order valence-electron chi connectivity index (χ0n) is 14.4. The first-order chi connectivity index (χ1) is 12.2. The van der Waals surface area contributed by atoms with Gasteiger partial charge in [-0.2, -0.15) is 0 Å². The lowest BCUT2D eigenvalue weighted by atomic mass is 10.1. The summed E-state index contributed by atoms with van der Waals surface area (Å²) in [6.07, 6.45) is 3.04. The molecule has 2 aromatic rings. The van der Waals surface area contributed by atoms with Crippen LogP contribution in [0.1, 0.15) is 26.2 Å². The smallest absolute Gasteiger partial charge is 0.336 e. The Hall–Kier alpha value is -2.34. The molecule has 1 fully saturated rings. The van der Waals surface area contributed by atoms with Gasteiger partial charge in [-0.15, -0.1) is 0 Å². The summed E-state index contributed by atoms with van der Waals surface area (Å²) >= 11 is 0. The zero-order chi connectivity index (χ0) is 17.6. The van der Waals surface area contributed by atoms with Gasteiger partial charge in [-0.25, -0.2) is 4.79 Å². The number of rotatable bonds is 6. The topological polar surface area (TPSA) is 69.0 Å². The fraction of sp³-hybridized carbons (Fsp3) is 0.474. The number of hydrogen-bond donors (Lipinski definition) is 0. The number of nitrogens with zero attached hydrogens (tertiary/aromatic N) is 1. The molecular weight excluding hydrogens is 322 g/mol. The summed E-state index contributed by atoms with van der Waals surface area (Å²) < 4.78 is 16.5. The molecule has 1 aliphatic heterocycles. The van der Waals surface area contributed by atoms with Gasteiger partial charge in [-0.05, 0) is 37.5 Å². The first-order valence-electron chi connectivity index (χ1n) is 8.72. The van der Waals surface area contributed by atoms with Crippen LogP contribution in [-0.2, 0) is 9.53 Å². The summed E-state index contributed by atoms with van der Waals surface area (Å²) in [7, 11) is 0. The normalized spacial score (nSPS) is 17.6. The Morgan fingerprint density at radius 1 is 1.32 bits per heavy atom. The monoisotopic (exact) mass is 345 g/mol. The highest BCUT2D eigenvalue weighted by atomic mass is 16.5. The summed E-state index contributed by atoms with van der Waals surface area (Å²) in [4.78, 5) is 25.5. The van der Waals surface area contributed by atoms with Crippen LogP contribution in [0, 0.1) is 0 Å². The average molecular weight is 345 g/mol. The van der Waals surface area contributed by atoms with Crippen molar-refractivity contribution in [2.24, 2.45) is 0 Å². The van der Waals surface area contributed by atoms with E-state index in [1.807, 2.05) is 0 Å². The van der Waals surface area contributed by atoms with Crippen LogP contribution in [0.3, 0.4) is 0 Å². The Kier molecular flexibility index (Phi) is 5.71. The second-order valence-corrected chi connectivity index (χ2v) is 6.22. The predicted molar refractivity (Wildman–Crippen MR) is 93.8 cm³/mol. The fourth-order valence-corrected chi connectivity index (χ4v) is 2.95. The third-order valence-electron chi connectivity index (χ3n) is 4.25. The number of piperidine rings is 1. The number of benzene rings is 1. The van der Waals surface area contributed by atoms with Crippen molar-refractivity contribution in [1.29, 1.82) is 0 Å². The molecule has 6 heteroatoms. The largest absolute Gasteiger partial charge is 0.484 e. The van der Waals surface area contributed by atoms with Crippen LogP contribution < -0.4 is 10.4 Å². The first kappa shape index (κ1) is 17.5. The van der Waals surface area contributed by atoms with Crippen LogP contribution >= 0.6 is 0 Å². The third-order valence-corrected chi connectivity index (χ3v) is 4.25. The number of hydrogen-bond acceptors (Lipinski definition) is 5. The van der Waals surface area contributed by atoms with Crippen LogP contribution in [0.2, 0.25) is 0 Å². The average Bonchev–Trinajstić information content (AvgIpc) is 2.64. The Morgan fingerprint density at radius 3 is 3.00 bits per heavy atom. The molecule has 1 atom stereocenters. The number of fused-ring (bicyclic) bond motifs is 1. The summed E-state index contributed by atoms with van der Waals surface area (Å²) in [6.45, 7) is 4.12. The number of carbonyl (C=O) groups excluding carboxylic acids is 1. The standard InChI is InChI=1S/C19H23NO5/c1-2-10-23-16-4-3-9-20(12-16)18(21)13-24-15-7-5-14-6-8-19(22)25-17(14)11-15/h5-8,11,16H,2-4,9-10,12-13H2,1H3. The number of carbonyl (C=O) groups is 1. The lowest BCUT2D eigenvalue weighted by Gasteiger charge is -2.32. The molecule has 1 amide bonds. The van der Waals surface area contributed by atoms with Gasteiger partial charge in [0.15, 0.2) is 6.61 Å². The van der Waals surface area contributed by atoms with Gasteiger partial charge in [-0.1, -0.05) is 6.92 Å².